The lowest BCUT2D eigenvalue weighted by Gasteiger charge is -2.23. The summed E-state index contributed by atoms with van der Waals surface area (Å²) in [5.74, 6) is 0.408. The number of nitrogens with one attached hydrogen (secondary N) is 1. The molecule has 0 radical (unpaired) electrons. The Kier molecular flexibility index (Phi) is 6.17. The van der Waals surface area contributed by atoms with Crippen LogP contribution in [0.4, 0.5) is 5.69 Å². The normalized spacial score (nSPS) is 11.7. The zero-order valence-electron chi connectivity index (χ0n) is 12.8. The molecule has 0 spiro atoms. The summed E-state index contributed by atoms with van der Waals surface area (Å²) in [5.41, 5.74) is 0.620. The molecule has 0 fully saturated rings. The molecular weight excluding hydrogens is 292 g/mol. The van der Waals surface area contributed by atoms with Gasteiger partial charge in [-0.3, -0.25) is 4.79 Å². The first kappa shape index (κ1) is 17.5. The SMILES string of the molecule is COc1cccc(NC(=O)CCN(C(C)C)S(C)(=O)=O)c1. The van der Waals surface area contributed by atoms with Crippen molar-refractivity contribution >= 4 is 21.6 Å². The molecule has 0 aromatic heterocycles. The predicted octanol–water partition coefficient (Wildman–Crippen LogP) is 1.69. The summed E-state index contributed by atoms with van der Waals surface area (Å²) in [6.45, 7) is 3.72. The summed E-state index contributed by atoms with van der Waals surface area (Å²) in [7, 11) is -1.76. The number of hydrogen-bond donors (Lipinski definition) is 1. The van der Waals surface area contributed by atoms with E-state index in [1.807, 2.05) is 0 Å². The number of anilines is 1. The minimum absolute atomic E-state index is 0.0997. The fourth-order valence-electron chi connectivity index (χ4n) is 1.94. The van der Waals surface area contributed by atoms with Gasteiger partial charge in [0.25, 0.3) is 0 Å². The molecule has 0 aliphatic carbocycles. The fraction of sp³-hybridized carbons (Fsp3) is 0.500. The van der Waals surface area contributed by atoms with Crippen molar-refractivity contribution in [1.82, 2.24) is 4.31 Å². The summed E-state index contributed by atoms with van der Waals surface area (Å²) in [6, 6.07) is 6.82. The van der Waals surface area contributed by atoms with E-state index in [4.69, 9.17) is 4.74 Å². The average Bonchev–Trinajstić information content (AvgIpc) is 2.37. The molecule has 0 saturated carbocycles. The Hall–Kier alpha value is -1.60. The Morgan fingerprint density at radius 2 is 2.05 bits per heavy atom. The summed E-state index contributed by atoms with van der Waals surface area (Å²) < 4.78 is 29.6. The Balaban J connectivity index is 2.61. The number of ether oxygens (including phenoxy) is 1. The number of methoxy groups -OCH3 is 1. The van der Waals surface area contributed by atoms with Crippen LogP contribution in [-0.4, -0.2) is 44.6 Å². The van der Waals surface area contributed by atoms with E-state index >= 15 is 0 Å². The Morgan fingerprint density at radius 1 is 1.38 bits per heavy atom. The minimum atomic E-state index is -3.31. The molecule has 1 rings (SSSR count). The number of carbonyl (C=O) groups excluding carboxylic acids is 1. The van der Waals surface area contributed by atoms with Crippen LogP contribution in [0, 0.1) is 0 Å². The molecule has 1 N–H and O–H groups in total. The van der Waals surface area contributed by atoms with Crippen LogP contribution in [0.15, 0.2) is 24.3 Å². The van der Waals surface area contributed by atoms with Crippen molar-refractivity contribution < 1.29 is 17.9 Å². The first-order chi connectivity index (χ1) is 9.74. The highest BCUT2D eigenvalue weighted by atomic mass is 32.2. The van der Waals surface area contributed by atoms with Crippen molar-refractivity contribution in [2.45, 2.75) is 26.3 Å². The van der Waals surface area contributed by atoms with Gasteiger partial charge < -0.3 is 10.1 Å². The van der Waals surface area contributed by atoms with E-state index in [0.717, 1.165) is 6.26 Å². The van der Waals surface area contributed by atoms with Crippen LogP contribution < -0.4 is 10.1 Å². The molecule has 0 bridgehead atoms. The second-order valence-electron chi connectivity index (χ2n) is 5.00. The van der Waals surface area contributed by atoms with Gasteiger partial charge >= 0.3 is 0 Å². The lowest BCUT2D eigenvalue weighted by Crippen LogP contribution is -2.38. The van der Waals surface area contributed by atoms with Gasteiger partial charge in [0.2, 0.25) is 15.9 Å². The first-order valence-corrected chi connectivity index (χ1v) is 8.49. The molecule has 1 aromatic rings. The first-order valence-electron chi connectivity index (χ1n) is 6.64. The monoisotopic (exact) mass is 314 g/mol. The van der Waals surface area contributed by atoms with Gasteiger partial charge in [-0.25, -0.2) is 8.42 Å². The molecular formula is C14H22N2O4S. The second kappa shape index (κ2) is 7.42. The number of nitrogens with zero attached hydrogens (tertiary/aromatic N) is 1. The van der Waals surface area contributed by atoms with Gasteiger partial charge in [0.05, 0.1) is 13.4 Å². The molecule has 118 valence electrons. The predicted molar refractivity (Wildman–Crippen MR) is 82.9 cm³/mol. The molecule has 0 aliphatic heterocycles. The Labute approximate surface area is 126 Å². The number of sulfonamides is 1. The van der Waals surface area contributed by atoms with Gasteiger partial charge in [-0.15, -0.1) is 0 Å². The van der Waals surface area contributed by atoms with E-state index < -0.39 is 10.0 Å². The highest BCUT2D eigenvalue weighted by Crippen LogP contribution is 2.17. The molecule has 7 heteroatoms. The Bertz CT molecular complexity index is 584. The van der Waals surface area contributed by atoms with Gasteiger partial charge in [0, 0.05) is 30.8 Å². The lowest BCUT2D eigenvalue weighted by atomic mass is 10.3. The maximum atomic E-state index is 11.9. The maximum Gasteiger partial charge on any atom is 0.225 e. The molecule has 1 aromatic carbocycles. The molecule has 0 heterocycles. The third-order valence-electron chi connectivity index (χ3n) is 2.91. The fourth-order valence-corrected chi connectivity index (χ4v) is 3.13. The van der Waals surface area contributed by atoms with E-state index in [0.29, 0.717) is 11.4 Å². The highest BCUT2D eigenvalue weighted by molar-refractivity contribution is 7.88. The Morgan fingerprint density at radius 3 is 2.57 bits per heavy atom. The van der Waals surface area contributed by atoms with Crippen LogP contribution >= 0.6 is 0 Å². The van der Waals surface area contributed by atoms with Crippen LogP contribution in [0.1, 0.15) is 20.3 Å². The largest absolute Gasteiger partial charge is 0.497 e. The van der Waals surface area contributed by atoms with Gasteiger partial charge in [0.15, 0.2) is 0 Å². The third kappa shape index (κ3) is 5.73. The van der Waals surface area contributed by atoms with Crippen LogP contribution in [-0.2, 0) is 14.8 Å². The van der Waals surface area contributed by atoms with E-state index in [-0.39, 0.29) is 24.9 Å². The minimum Gasteiger partial charge on any atom is -0.497 e. The van der Waals surface area contributed by atoms with Crippen molar-refractivity contribution in [3.05, 3.63) is 24.3 Å². The van der Waals surface area contributed by atoms with Gasteiger partial charge in [0.1, 0.15) is 5.75 Å². The molecule has 0 unspecified atom stereocenters. The van der Waals surface area contributed by atoms with Crippen LogP contribution in [0.2, 0.25) is 0 Å². The van der Waals surface area contributed by atoms with Crippen molar-refractivity contribution in [2.24, 2.45) is 0 Å². The van der Waals surface area contributed by atoms with Crippen LogP contribution in [0.25, 0.3) is 0 Å². The van der Waals surface area contributed by atoms with Gasteiger partial charge in [-0.1, -0.05) is 6.07 Å². The number of rotatable bonds is 7. The standard InChI is InChI=1S/C14H22N2O4S/c1-11(2)16(21(4,18)19)9-8-14(17)15-12-6-5-7-13(10-12)20-3/h5-7,10-11H,8-9H2,1-4H3,(H,15,17). The van der Waals surface area contributed by atoms with Crippen molar-refractivity contribution in [2.75, 3.05) is 25.2 Å². The maximum absolute atomic E-state index is 11.9. The number of amides is 1. The summed E-state index contributed by atoms with van der Waals surface area (Å²) in [4.78, 5) is 11.9. The third-order valence-corrected chi connectivity index (χ3v) is 4.37. The number of benzene rings is 1. The number of hydrogen-bond acceptors (Lipinski definition) is 4. The molecule has 0 aliphatic rings. The molecule has 0 atom stereocenters. The van der Waals surface area contributed by atoms with Gasteiger partial charge in [-0.2, -0.15) is 4.31 Å². The van der Waals surface area contributed by atoms with E-state index in [9.17, 15) is 13.2 Å². The second-order valence-corrected chi connectivity index (χ2v) is 6.93. The van der Waals surface area contributed by atoms with E-state index in [2.05, 4.69) is 5.32 Å². The zero-order valence-corrected chi connectivity index (χ0v) is 13.6. The smallest absolute Gasteiger partial charge is 0.225 e. The highest BCUT2D eigenvalue weighted by Gasteiger charge is 2.20. The van der Waals surface area contributed by atoms with Crippen LogP contribution in [0.5, 0.6) is 5.75 Å². The van der Waals surface area contributed by atoms with Crippen LogP contribution in [0.3, 0.4) is 0 Å². The molecule has 1 amide bonds. The molecule has 21 heavy (non-hydrogen) atoms. The van der Waals surface area contributed by atoms with Crippen molar-refractivity contribution in [3.63, 3.8) is 0 Å². The van der Waals surface area contributed by atoms with Gasteiger partial charge in [-0.05, 0) is 26.0 Å². The van der Waals surface area contributed by atoms with E-state index in [1.165, 1.54) is 4.31 Å². The lowest BCUT2D eigenvalue weighted by molar-refractivity contribution is -0.116. The summed E-state index contributed by atoms with van der Waals surface area (Å²) in [5, 5.41) is 2.72. The van der Waals surface area contributed by atoms with Crippen molar-refractivity contribution in [3.8, 4) is 5.75 Å². The van der Waals surface area contributed by atoms with E-state index in [1.54, 1.807) is 45.2 Å². The summed E-state index contributed by atoms with van der Waals surface area (Å²) >= 11 is 0. The quantitative estimate of drug-likeness (QED) is 0.831. The number of carbonyl (C=O) groups is 1. The average molecular weight is 314 g/mol. The zero-order chi connectivity index (χ0) is 16.0. The topological polar surface area (TPSA) is 75.7 Å². The molecule has 6 nitrogen and oxygen atoms in total. The summed E-state index contributed by atoms with van der Waals surface area (Å²) in [6.07, 6.45) is 1.25. The van der Waals surface area contributed by atoms with Crippen molar-refractivity contribution in [1.29, 1.82) is 0 Å². The molecule has 0 saturated heterocycles.